The molecular weight excluding hydrogens is 404 g/mol. The second-order valence-corrected chi connectivity index (χ2v) is 7.24. The van der Waals surface area contributed by atoms with Crippen molar-refractivity contribution in [2.75, 3.05) is 18.1 Å². The second-order valence-electron chi connectivity index (χ2n) is 6.88. The van der Waals surface area contributed by atoms with Crippen LogP contribution in [0.3, 0.4) is 0 Å². The highest BCUT2D eigenvalue weighted by atomic mass is 35.5. The van der Waals surface area contributed by atoms with Crippen molar-refractivity contribution >= 4 is 28.9 Å². The van der Waals surface area contributed by atoms with Crippen molar-refractivity contribution in [2.24, 2.45) is 11.1 Å². The summed E-state index contributed by atoms with van der Waals surface area (Å²) >= 11 is 6.25. The fourth-order valence-electron chi connectivity index (χ4n) is 2.78. The third-order valence-electron chi connectivity index (χ3n) is 4.62. The summed E-state index contributed by atoms with van der Waals surface area (Å²) in [7, 11) is 0. The van der Waals surface area contributed by atoms with Gasteiger partial charge in [-0.2, -0.15) is 5.10 Å². The molecular formula is C19H22ClF2N5O2. The zero-order valence-corrected chi connectivity index (χ0v) is 16.9. The Balaban J connectivity index is 1.57. The third-order valence-corrected chi connectivity index (χ3v) is 4.89. The van der Waals surface area contributed by atoms with E-state index in [9.17, 15) is 13.6 Å². The van der Waals surface area contributed by atoms with Crippen molar-refractivity contribution in [1.29, 1.82) is 0 Å². The van der Waals surface area contributed by atoms with Gasteiger partial charge in [-0.1, -0.05) is 16.8 Å². The van der Waals surface area contributed by atoms with Crippen LogP contribution in [-0.4, -0.2) is 45.5 Å². The molecule has 1 unspecified atom stereocenters. The maximum absolute atomic E-state index is 12.8. The molecule has 1 amide bonds. The quantitative estimate of drug-likeness (QED) is 0.448. The SMILES string of the molecule is CCN(C(=O)CC/C(C)=N/OCC1CC1(F)F)c1cn(-c2cccnc2)nc1Cl. The zero-order valence-electron chi connectivity index (χ0n) is 16.2. The first-order valence-electron chi connectivity index (χ1n) is 9.31. The highest BCUT2D eigenvalue weighted by Gasteiger charge is 2.57. The van der Waals surface area contributed by atoms with E-state index in [-0.39, 0.29) is 30.5 Å². The molecule has 2 aromatic heterocycles. The Kier molecular flexibility index (Phi) is 6.46. The van der Waals surface area contributed by atoms with Crippen LogP contribution in [0.5, 0.6) is 0 Å². The molecule has 0 radical (unpaired) electrons. The normalized spacial score (nSPS) is 17.8. The number of carbonyl (C=O) groups is 1. The fraction of sp³-hybridized carbons (Fsp3) is 0.474. The molecule has 2 heterocycles. The van der Waals surface area contributed by atoms with Crippen molar-refractivity contribution in [3.63, 3.8) is 0 Å². The number of pyridine rings is 1. The monoisotopic (exact) mass is 425 g/mol. The number of halogens is 3. The Morgan fingerprint density at radius 1 is 1.48 bits per heavy atom. The topological polar surface area (TPSA) is 72.6 Å². The highest BCUT2D eigenvalue weighted by Crippen LogP contribution is 2.48. The second kappa shape index (κ2) is 8.86. The van der Waals surface area contributed by atoms with Gasteiger partial charge < -0.3 is 9.74 Å². The Hall–Kier alpha value is -2.55. The smallest absolute Gasteiger partial charge is 0.255 e. The average Bonchev–Trinajstić information content (AvgIpc) is 3.13. The van der Waals surface area contributed by atoms with Gasteiger partial charge in [-0.05, 0) is 32.4 Å². The van der Waals surface area contributed by atoms with E-state index in [0.717, 1.165) is 5.69 Å². The first-order valence-corrected chi connectivity index (χ1v) is 9.68. The number of amides is 1. The van der Waals surface area contributed by atoms with E-state index in [4.69, 9.17) is 16.4 Å². The van der Waals surface area contributed by atoms with Crippen LogP contribution in [0, 0.1) is 5.92 Å². The Morgan fingerprint density at radius 2 is 2.24 bits per heavy atom. The molecule has 10 heteroatoms. The number of anilines is 1. The molecule has 156 valence electrons. The van der Waals surface area contributed by atoms with Gasteiger partial charge in [0, 0.05) is 25.6 Å². The lowest BCUT2D eigenvalue weighted by molar-refractivity contribution is -0.118. The molecule has 1 atom stereocenters. The van der Waals surface area contributed by atoms with Crippen molar-refractivity contribution in [3.8, 4) is 5.69 Å². The van der Waals surface area contributed by atoms with Crippen LogP contribution < -0.4 is 4.90 Å². The lowest BCUT2D eigenvalue weighted by atomic mass is 10.2. The van der Waals surface area contributed by atoms with Gasteiger partial charge in [0.15, 0.2) is 5.15 Å². The van der Waals surface area contributed by atoms with E-state index in [0.29, 0.717) is 24.4 Å². The lowest BCUT2D eigenvalue weighted by Gasteiger charge is -2.19. The van der Waals surface area contributed by atoms with Crippen LogP contribution in [0.15, 0.2) is 35.9 Å². The van der Waals surface area contributed by atoms with Crippen LogP contribution in [0.25, 0.3) is 5.69 Å². The number of carbonyl (C=O) groups excluding carboxylic acids is 1. The Bertz CT molecular complexity index is 888. The number of hydrogen-bond donors (Lipinski definition) is 0. The van der Waals surface area contributed by atoms with Gasteiger partial charge in [0.05, 0.1) is 29.7 Å². The lowest BCUT2D eigenvalue weighted by Crippen LogP contribution is -2.30. The van der Waals surface area contributed by atoms with Gasteiger partial charge in [-0.15, -0.1) is 0 Å². The van der Waals surface area contributed by atoms with Crippen molar-refractivity contribution in [3.05, 3.63) is 35.9 Å². The molecule has 0 aliphatic heterocycles. The summed E-state index contributed by atoms with van der Waals surface area (Å²) in [5.41, 5.74) is 1.80. The summed E-state index contributed by atoms with van der Waals surface area (Å²) in [6, 6.07) is 3.61. The number of nitrogens with zero attached hydrogens (tertiary/aromatic N) is 5. The van der Waals surface area contributed by atoms with Crippen molar-refractivity contribution < 1.29 is 18.4 Å². The molecule has 0 aromatic carbocycles. The molecule has 7 nitrogen and oxygen atoms in total. The maximum Gasteiger partial charge on any atom is 0.255 e. The standard InChI is InChI=1S/C19H22ClF2N5O2/c1-3-26(16-11-27(24-18(16)20)15-5-4-8-23-10-15)17(28)7-6-13(2)25-29-12-14-9-19(14,21)22/h4-5,8,10-11,14H,3,6-7,9,12H2,1-2H3/b25-13+. The van der Waals surface area contributed by atoms with Gasteiger partial charge >= 0.3 is 0 Å². The predicted octanol–water partition coefficient (Wildman–Crippen LogP) is 4.10. The van der Waals surface area contributed by atoms with Crippen LogP contribution in [-0.2, 0) is 9.63 Å². The average molecular weight is 426 g/mol. The Labute approximate surface area is 172 Å². The molecule has 3 rings (SSSR count). The third kappa shape index (κ3) is 5.29. The van der Waals surface area contributed by atoms with E-state index in [1.54, 1.807) is 41.2 Å². The van der Waals surface area contributed by atoms with Crippen LogP contribution in [0.4, 0.5) is 14.5 Å². The number of oxime groups is 1. The summed E-state index contributed by atoms with van der Waals surface area (Å²) in [4.78, 5) is 23.2. The van der Waals surface area contributed by atoms with Crippen molar-refractivity contribution in [2.45, 2.75) is 39.0 Å². The van der Waals surface area contributed by atoms with Gasteiger partial charge in [0.2, 0.25) is 5.91 Å². The number of aromatic nitrogens is 3. The van der Waals surface area contributed by atoms with Crippen molar-refractivity contribution in [1.82, 2.24) is 14.8 Å². The van der Waals surface area contributed by atoms with Gasteiger partial charge in [-0.25, -0.2) is 13.5 Å². The molecule has 1 aliphatic carbocycles. The minimum Gasteiger partial charge on any atom is -0.395 e. The fourth-order valence-corrected chi connectivity index (χ4v) is 3.02. The van der Waals surface area contributed by atoms with E-state index in [2.05, 4.69) is 15.2 Å². The number of rotatable bonds is 9. The number of hydrogen-bond acceptors (Lipinski definition) is 5. The predicted molar refractivity (Wildman–Crippen MR) is 106 cm³/mol. The van der Waals surface area contributed by atoms with Gasteiger partial charge in [0.1, 0.15) is 12.3 Å². The molecule has 0 saturated heterocycles. The van der Waals surface area contributed by atoms with Crippen LogP contribution in [0.1, 0.15) is 33.1 Å². The molecule has 1 fully saturated rings. The molecule has 1 aliphatic rings. The molecule has 0 bridgehead atoms. The van der Waals surface area contributed by atoms with E-state index in [1.807, 2.05) is 13.0 Å². The molecule has 29 heavy (non-hydrogen) atoms. The largest absolute Gasteiger partial charge is 0.395 e. The summed E-state index contributed by atoms with van der Waals surface area (Å²) in [6.07, 6.45) is 5.36. The number of alkyl halides is 2. The first-order chi connectivity index (χ1) is 13.8. The summed E-state index contributed by atoms with van der Waals surface area (Å²) in [6.45, 7) is 3.85. The van der Waals surface area contributed by atoms with Gasteiger partial charge in [0.25, 0.3) is 5.92 Å². The first kappa shape index (κ1) is 21.2. The highest BCUT2D eigenvalue weighted by molar-refractivity contribution is 6.32. The van der Waals surface area contributed by atoms with E-state index in [1.165, 1.54) is 0 Å². The Morgan fingerprint density at radius 3 is 2.86 bits per heavy atom. The van der Waals surface area contributed by atoms with E-state index >= 15 is 0 Å². The molecule has 0 spiro atoms. The minimum absolute atomic E-state index is 0.109. The van der Waals surface area contributed by atoms with E-state index < -0.39 is 11.8 Å². The molecule has 1 saturated carbocycles. The minimum atomic E-state index is -2.62. The zero-order chi connectivity index (χ0) is 21.0. The molecule has 2 aromatic rings. The van der Waals surface area contributed by atoms with Crippen LogP contribution in [0.2, 0.25) is 5.15 Å². The molecule has 0 N–H and O–H groups in total. The van der Waals surface area contributed by atoms with Crippen LogP contribution >= 0.6 is 11.6 Å². The summed E-state index contributed by atoms with van der Waals surface area (Å²) in [5, 5.41) is 8.28. The summed E-state index contributed by atoms with van der Waals surface area (Å²) < 4.78 is 27.2. The van der Waals surface area contributed by atoms with Gasteiger partial charge in [-0.3, -0.25) is 9.78 Å². The maximum atomic E-state index is 12.8. The summed E-state index contributed by atoms with van der Waals surface area (Å²) in [5.74, 6) is -3.53.